The second kappa shape index (κ2) is 9.78. The van der Waals surface area contributed by atoms with E-state index in [1.54, 1.807) is 7.11 Å². The maximum atomic E-state index is 11.7. The lowest BCUT2D eigenvalue weighted by Crippen LogP contribution is -2.33. The first-order valence-electron chi connectivity index (χ1n) is 7.33. The third-order valence-electron chi connectivity index (χ3n) is 3.09. The largest absolute Gasteiger partial charge is 0.496 e. The summed E-state index contributed by atoms with van der Waals surface area (Å²) in [6, 6.07) is 7.45. The van der Waals surface area contributed by atoms with Crippen molar-refractivity contribution >= 4 is 11.8 Å². The van der Waals surface area contributed by atoms with Crippen LogP contribution in [0.4, 0.5) is 0 Å². The summed E-state index contributed by atoms with van der Waals surface area (Å²) in [4.78, 5) is 25.4. The van der Waals surface area contributed by atoms with E-state index in [-0.39, 0.29) is 18.2 Å². The Hall–Kier alpha value is -2.08. The van der Waals surface area contributed by atoms with E-state index in [4.69, 9.17) is 4.74 Å². The van der Waals surface area contributed by atoms with Crippen LogP contribution in [-0.4, -0.2) is 51.0 Å². The number of benzene rings is 1. The van der Waals surface area contributed by atoms with Gasteiger partial charge in [-0.25, -0.2) is 0 Å². The molecule has 0 unspecified atom stereocenters. The summed E-state index contributed by atoms with van der Waals surface area (Å²) in [6.07, 6.45) is 0.707. The summed E-state index contributed by atoms with van der Waals surface area (Å²) >= 11 is 0. The highest BCUT2D eigenvalue weighted by atomic mass is 16.5. The highest BCUT2D eigenvalue weighted by molar-refractivity contribution is 5.96. The molecule has 0 atom stereocenters. The van der Waals surface area contributed by atoms with Crippen LogP contribution in [0.25, 0.3) is 0 Å². The van der Waals surface area contributed by atoms with Crippen molar-refractivity contribution in [3.8, 4) is 5.75 Å². The fourth-order valence-corrected chi connectivity index (χ4v) is 1.94. The molecule has 1 aromatic carbocycles. The second-order valence-corrected chi connectivity index (χ2v) is 5.27. The first-order chi connectivity index (χ1) is 10.5. The fourth-order valence-electron chi connectivity index (χ4n) is 1.94. The number of para-hydroxylation sites is 1. The van der Waals surface area contributed by atoms with Gasteiger partial charge in [0, 0.05) is 18.7 Å². The lowest BCUT2D eigenvalue weighted by atomic mass is 10.2. The van der Waals surface area contributed by atoms with Crippen LogP contribution in [0, 0.1) is 0 Å². The Morgan fingerprint density at radius 1 is 1.14 bits per heavy atom. The molecule has 2 N–H and O–H groups in total. The van der Waals surface area contributed by atoms with Gasteiger partial charge >= 0.3 is 0 Å². The minimum Gasteiger partial charge on any atom is -0.496 e. The van der Waals surface area contributed by atoms with Gasteiger partial charge in [-0.3, -0.25) is 9.59 Å². The van der Waals surface area contributed by atoms with E-state index in [0.717, 1.165) is 24.3 Å². The van der Waals surface area contributed by atoms with E-state index >= 15 is 0 Å². The quantitative estimate of drug-likeness (QED) is 0.522. The van der Waals surface area contributed by atoms with E-state index < -0.39 is 0 Å². The van der Waals surface area contributed by atoms with Crippen LogP contribution < -0.4 is 15.4 Å². The number of amides is 2. The van der Waals surface area contributed by atoms with Crippen molar-refractivity contribution in [3.05, 3.63) is 29.8 Å². The molecule has 122 valence electrons. The normalized spacial score (nSPS) is 10.4. The molecule has 6 nitrogen and oxygen atoms in total. The van der Waals surface area contributed by atoms with E-state index in [0.29, 0.717) is 13.1 Å². The standard InChI is InChI=1S/C16H25N3O3/c1-19(2)10-6-9-17-15(20)11-16(21)18-12-13-7-4-5-8-14(13)22-3/h4-5,7-8H,6,9-12H2,1-3H3,(H,17,20)(H,18,21). The first-order valence-corrected chi connectivity index (χ1v) is 7.33. The zero-order valence-electron chi connectivity index (χ0n) is 13.5. The zero-order valence-corrected chi connectivity index (χ0v) is 13.5. The predicted molar refractivity (Wildman–Crippen MR) is 85.6 cm³/mol. The van der Waals surface area contributed by atoms with Gasteiger partial charge in [0.05, 0.1) is 7.11 Å². The molecule has 1 rings (SSSR count). The zero-order chi connectivity index (χ0) is 16.4. The summed E-state index contributed by atoms with van der Waals surface area (Å²) in [6.45, 7) is 1.83. The average molecular weight is 307 g/mol. The molecule has 0 saturated carbocycles. The Labute approximate surface area is 131 Å². The maximum Gasteiger partial charge on any atom is 0.229 e. The molecular weight excluding hydrogens is 282 g/mol. The molecule has 6 heteroatoms. The van der Waals surface area contributed by atoms with Crippen molar-refractivity contribution in [3.63, 3.8) is 0 Å². The molecule has 0 radical (unpaired) electrons. The third-order valence-corrected chi connectivity index (χ3v) is 3.09. The van der Waals surface area contributed by atoms with Crippen LogP contribution in [0.3, 0.4) is 0 Å². The predicted octanol–water partition coefficient (Wildman–Crippen LogP) is 0.769. The van der Waals surface area contributed by atoms with Gasteiger partial charge in [-0.1, -0.05) is 18.2 Å². The number of carbonyl (C=O) groups excluding carboxylic acids is 2. The van der Waals surface area contributed by atoms with Gasteiger partial charge in [0.15, 0.2) is 0 Å². The number of hydrogen-bond acceptors (Lipinski definition) is 4. The summed E-state index contributed by atoms with van der Waals surface area (Å²) in [5.74, 6) is 0.170. The fraction of sp³-hybridized carbons (Fsp3) is 0.500. The SMILES string of the molecule is COc1ccccc1CNC(=O)CC(=O)NCCCN(C)C. The topological polar surface area (TPSA) is 70.7 Å². The number of ether oxygens (including phenoxy) is 1. The smallest absolute Gasteiger partial charge is 0.229 e. The number of nitrogens with one attached hydrogen (secondary N) is 2. The van der Waals surface area contributed by atoms with Crippen LogP contribution >= 0.6 is 0 Å². The van der Waals surface area contributed by atoms with Gasteiger partial charge in [0.1, 0.15) is 12.2 Å². The highest BCUT2D eigenvalue weighted by Gasteiger charge is 2.09. The Bertz CT molecular complexity index is 489. The third kappa shape index (κ3) is 7.08. The van der Waals surface area contributed by atoms with Gasteiger partial charge in [0.25, 0.3) is 0 Å². The Morgan fingerprint density at radius 3 is 2.50 bits per heavy atom. The van der Waals surface area contributed by atoms with Crippen molar-refractivity contribution in [1.82, 2.24) is 15.5 Å². The van der Waals surface area contributed by atoms with Crippen molar-refractivity contribution in [2.45, 2.75) is 19.4 Å². The van der Waals surface area contributed by atoms with E-state index in [9.17, 15) is 9.59 Å². The second-order valence-electron chi connectivity index (χ2n) is 5.27. The molecule has 0 aliphatic carbocycles. The molecule has 1 aromatic rings. The molecule has 0 spiro atoms. The van der Waals surface area contributed by atoms with Crippen LogP contribution in [0.2, 0.25) is 0 Å². The molecule has 0 bridgehead atoms. The van der Waals surface area contributed by atoms with Crippen molar-refractivity contribution in [1.29, 1.82) is 0 Å². The molecule has 0 aliphatic heterocycles. The van der Waals surface area contributed by atoms with Crippen molar-refractivity contribution in [2.24, 2.45) is 0 Å². The number of methoxy groups -OCH3 is 1. The van der Waals surface area contributed by atoms with Gasteiger partial charge in [0.2, 0.25) is 11.8 Å². The number of nitrogens with zero attached hydrogens (tertiary/aromatic N) is 1. The average Bonchev–Trinajstić information content (AvgIpc) is 2.49. The molecule has 0 saturated heterocycles. The Morgan fingerprint density at radius 2 is 1.82 bits per heavy atom. The van der Waals surface area contributed by atoms with Gasteiger partial charge in [-0.15, -0.1) is 0 Å². The van der Waals surface area contributed by atoms with Gasteiger partial charge in [-0.2, -0.15) is 0 Å². The molecule has 0 fully saturated rings. The minimum absolute atomic E-state index is 0.156. The molecule has 0 aromatic heterocycles. The first kappa shape index (κ1) is 18.0. The number of rotatable bonds is 9. The number of hydrogen-bond donors (Lipinski definition) is 2. The van der Waals surface area contributed by atoms with Crippen LogP contribution in [0.15, 0.2) is 24.3 Å². The molecule has 0 aliphatic rings. The van der Waals surface area contributed by atoms with Crippen LogP contribution in [0.5, 0.6) is 5.75 Å². The summed E-state index contributed by atoms with van der Waals surface area (Å²) in [7, 11) is 5.54. The monoisotopic (exact) mass is 307 g/mol. The molecular formula is C16H25N3O3. The van der Waals surface area contributed by atoms with Gasteiger partial charge < -0.3 is 20.3 Å². The van der Waals surface area contributed by atoms with Crippen molar-refractivity contribution in [2.75, 3.05) is 34.3 Å². The minimum atomic E-state index is -0.295. The number of carbonyl (C=O) groups is 2. The van der Waals surface area contributed by atoms with Crippen LogP contribution in [0.1, 0.15) is 18.4 Å². The lowest BCUT2D eigenvalue weighted by molar-refractivity contribution is -0.129. The molecule has 0 heterocycles. The van der Waals surface area contributed by atoms with E-state index in [2.05, 4.69) is 10.6 Å². The molecule has 2 amide bonds. The van der Waals surface area contributed by atoms with Gasteiger partial charge in [-0.05, 0) is 33.1 Å². The highest BCUT2D eigenvalue weighted by Crippen LogP contribution is 2.16. The Kier molecular flexibility index (Phi) is 7.99. The lowest BCUT2D eigenvalue weighted by Gasteiger charge is -2.11. The van der Waals surface area contributed by atoms with E-state index in [1.165, 1.54) is 0 Å². The summed E-state index contributed by atoms with van der Waals surface area (Å²) < 4.78 is 5.21. The van der Waals surface area contributed by atoms with Crippen molar-refractivity contribution < 1.29 is 14.3 Å². The van der Waals surface area contributed by atoms with Crippen LogP contribution in [-0.2, 0) is 16.1 Å². The van der Waals surface area contributed by atoms with E-state index in [1.807, 2.05) is 43.3 Å². The molecule has 22 heavy (non-hydrogen) atoms. The maximum absolute atomic E-state index is 11.7. The summed E-state index contributed by atoms with van der Waals surface area (Å²) in [5.41, 5.74) is 0.879. The summed E-state index contributed by atoms with van der Waals surface area (Å²) in [5, 5.41) is 5.46. The Balaban J connectivity index is 2.26.